The van der Waals surface area contributed by atoms with Crippen LogP contribution in [0.5, 0.6) is 0 Å². The van der Waals surface area contributed by atoms with Crippen LogP contribution in [-0.2, 0) is 9.59 Å². The number of benzene rings is 1. The molecule has 0 heterocycles. The van der Waals surface area contributed by atoms with Crippen molar-refractivity contribution in [2.75, 3.05) is 5.32 Å². The van der Waals surface area contributed by atoms with E-state index in [0.717, 1.165) is 30.2 Å². The monoisotopic (exact) mass is 231 g/mol. The number of carboxylic acid groups (broad SMARTS) is 1. The van der Waals surface area contributed by atoms with E-state index in [1.165, 1.54) is 6.08 Å². The summed E-state index contributed by atoms with van der Waals surface area (Å²) in [5.41, 5.74) is 1.53. The number of amides is 1. The summed E-state index contributed by atoms with van der Waals surface area (Å²) >= 11 is 0. The molecular weight excluding hydrogens is 218 g/mol. The van der Waals surface area contributed by atoms with Crippen molar-refractivity contribution >= 4 is 23.6 Å². The molecule has 1 aliphatic rings. The topological polar surface area (TPSA) is 66.4 Å². The summed E-state index contributed by atoms with van der Waals surface area (Å²) in [5.74, 6) is -0.725. The van der Waals surface area contributed by atoms with E-state index in [9.17, 15) is 9.59 Å². The summed E-state index contributed by atoms with van der Waals surface area (Å²) in [6, 6.07) is 7.06. The largest absolute Gasteiger partial charge is 0.478 e. The molecule has 4 heteroatoms. The van der Waals surface area contributed by atoms with Crippen molar-refractivity contribution in [1.82, 2.24) is 0 Å². The van der Waals surface area contributed by atoms with Gasteiger partial charge in [0.1, 0.15) is 0 Å². The lowest BCUT2D eigenvalue weighted by Crippen LogP contribution is -2.12. The van der Waals surface area contributed by atoms with Gasteiger partial charge in [-0.3, -0.25) is 4.79 Å². The summed E-state index contributed by atoms with van der Waals surface area (Å²) in [6.45, 7) is 0. The highest BCUT2D eigenvalue weighted by molar-refractivity contribution is 5.94. The van der Waals surface area contributed by atoms with Crippen molar-refractivity contribution < 1.29 is 14.7 Å². The predicted octanol–water partition coefficient (Wildman–Crippen LogP) is 2.13. The third-order valence-electron chi connectivity index (χ3n) is 2.54. The number of carboxylic acids is 1. The van der Waals surface area contributed by atoms with Crippen LogP contribution in [0.25, 0.3) is 6.08 Å². The maximum absolute atomic E-state index is 11.5. The molecular formula is C13H13NO3. The van der Waals surface area contributed by atoms with E-state index in [-0.39, 0.29) is 11.8 Å². The molecule has 2 N–H and O–H groups in total. The molecule has 1 amide bonds. The van der Waals surface area contributed by atoms with Crippen molar-refractivity contribution in [1.29, 1.82) is 0 Å². The zero-order valence-electron chi connectivity index (χ0n) is 9.22. The summed E-state index contributed by atoms with van der Waals surface area (Å²) in [7, 11) is 0. The lowest BCUT2D eigenvalue weighted by Gasteiger charge is -2.03. The second-order valence-electron chi connectivity index (χ2n) is 4.06. The number of aliphatic carboxylic acids is 1. The number of anilines is 1. The Morgan fingerprint density at radius 1 is 1.24 bits per heavy atom. The van der Waals surface area contributed by atoms with Gasteiger partial charge in [0.15, 0.2) is 0 Å². The first-order valence-corrected chi connectivity index (χ1v) is 5.47. The second-order valence-corrected chi connectivity index (χ2v) is 4.06. The minimum atomic E-state index is -0.976. The van der Waals surface area contributed by atoms with Gasteiger partial charge in [0, 0.05) is 17.7 Å². The number of hydrogen-bond donors (Lipinski definition) is 2. The smallest absolute Gasteiger partial charge is 0.328 e. The van der Waals surface area contributed by atoms with Crippen molar-refractivity contribution in [2.45, 2.75) is 12.8 Å². The van der Waals surface area contributed by atoms with Gasteiger partial charge in [0.05, 0.1) is 0 Å². The molecule has 2 rings (SSSR count). The maximum Gasteiger partial charge on any atom is 0.328 e. The van der Waals surface area contributed by atoms with Crippen LogP contribution in [0.4, 0.5) is 5.69 Å². The number of carbonyl (C=O) groups excluding carboxylic acids is 1. The molecule has 17 heavy (non-hydrogen) atoms. The van der Waals surface area contributed by atoms with E-state index in [1.807, 2.05) is 0 Å². The maximum atomic E-state index is 11.5. The lowest BCUT2D eigenvalue weighted by atomic mass is 10.2. The van der Waals surface area contributed by atoms with Gasteiger partial charge in [-0.25, -0.2) is 4.79 Å². The molecule has 1 saturated carbocycles. The molecule has 88 valence electrons. The van der Waals surface area contributed by atoms with Crippen LogP contribution in [0.1, 0.15) is 18.4 Å². The molecule has 0 aromatic heterocycles. The lowest BCUT2D eigenvalue weighted by molar-refractivity contribution is -0.131. The zero-order valence-corrected chi connectivity index (χ0v) is 9.22. The summed E-state index contributed by atoms with van der Waals surface area (Å²) in [6.07, 6.45) is 4.54. The van der Waals surface area contributed by atoms with Crippen LogP contribution in [0, 0.1) is 5.92 Å². The van der Waals surface area contributed by atoms with E-state index in [0.29, 0.717) is 0 Å². The van der Waals surface area contributed by atoms with Crippen LogP contribution in [0.15, 0.2) is 30.3 Å². The highest BCUT2D eigenvalue weighted by Gasteiger charge is 2.29. The first kappa shape index (κ1) is 11.4. The first-order valence-electron chi connectivity index (χ1n) is 5.47. The molecule has 1 aliphatic carbocycles. The highest BCUT2D eigenvalue weighted by atomic mass is 16.4. The minimum Gasteiger partial charge on any atom is -0.478 e. The first-order chi connectivity index (χ1) is 8.15. The fourth-order valence-corrected chi connectivity index (χ4v) is 1.43. The van der Waals surface area contributed by atoms with Gasteiger partial charge in [0.2, 0.25) is 5.91 Å². The summed E-state index contributed by atoms with van der Waals surface area (Å²) < 4.78 is 0. The molecule has 0 spiro atoms. The van der Waals surface area contributed by atoms with Gasteiger partial charge in [-0.2, -0.15) is 0 Å². The van der Waals surface area contributed by atoms with E-state index >= 15 is 0 Å². The SMILES string of the molecule is O=C(O)/C=C/c1ccc(NC(=O)C2CC2)cc1. The van der Waals surface area contributed by atoms with E-state index < -0.39 is 5.97 Å². The Labute approximate surface area is 99.0 Å². The van der Waals surface area contributed by atoms with Crippen molar-refractivity contribution in [2.24, 2.45) is 5.92 Å². The van der Waals surface area contributed by atoms with Gasteiger partial charge in [-0.1, -0.05) is 12.1 Å². The predicted molar refractivity (Wildman–Crippen MR) is 64.5 cm³/mol. The number of carbonyl (C=O) groups is 2. The fraction of sp³-hybridized carbons (Fsp3) is 0.231. The molecule has 0 saturated heterocycles. The third-order valence-corrected chi connectivity index (χ3v) is 2.54. The number of nitrogens with one attached hydrogen (secondary N) is 1. The zero-order chi connectivity index (χ0) is 12.3. The molecule has 4 nitrogen and oxygen atoms in total. The van der Waals surface area contributed by atoms with Crippen LogP contribution < -0.4 is 5.32 Å². The third kappa shape index (κ3) is 3.45. The van der Waals surface area contributed by atoms with Crippen LogP contribution >= 0.6 is 0 Å². The second kappa shape index (κ2) is 4.82. The Morgan fingerprint density at radius 2 is 1.88 bits per heavy atom. The molecule has 0 radical (unpaired) electrons. The minimum absolute atomic E-state index is 0.0684. The van der Waals surface area contributed by atoms with E-state index in [4.69, 9.17) is 5.11 Å². The Bertz CT molecular complexity index is 458. The Balaban J connectivity index is 1.97. The fourth-order valence-electron chi connectivity index (χ4n) is 1.43. The van der Waals surface area contributed by atoms with Gasteiger partial charge >= 0.3 is 5.97 Å². The van der Waals surface area contributed by atoms with E-state index in [1.54, 1.807) is 24.3 Å². The molecule has 1 aromatic rings. The Kier molecular flexibility index (Phi) is 3.23. The van der Waals surface area contributed by atoms with Gasteiger partial charge in [-0.05, 0) is 36.6 Å². The van der Waals surface area contributed by atoms with E-state index in [2.05, 4.69) is 5.32 Å². The van der Waals surface area contributed by atoms with Gasteiger partial charge in [0.25, 0.3) is 0 Å². The number of rotatable bonds is 4. The van der Waals surface area contributed by atoms with Crippen molar-refractivity contribution in [3.8, 4) is 0 Å². The molecule has 0 atom stereocenters. The van der Waals surface area contributed by atoms with Gasteiger partial charge < -0.3 is 10.4 Å². The average Bonchev–Trinajstić information content (AvgIpc) is 3.12. The number of hydrogen-bond acceptors (Lipinski definition) is 2. The summed E-state index contributed by atoms with van der Waals surface area (Å²) in [5, 5.41) is 11.3. The van der Waals surface area contributed by atoms with Crippen molar-refractivity contribution in [3.05, 3.63) is 35.9 Å². The van der Waals surface area contributed by atoms with Crippen LogP contribution in [0.2, 0.25) is 0 Å². The van der Waals surface area contributed by atoms with Crippen LogP contribution in [0.3, 0.4) is 0 Å². The Hall–Kier alpha value is -2.10. The molecule has 0 unspecified atom stereocenters. The van der Waals surface area contributed by atoms with Crippen LogP contribution in [-0.4, -0.2) is 17.0 Å². The van der Waals surface area contributed by atoms with Crippen molar-refractivity contribution in [3.63, 3.8) is 0 Å². The summed E-state index contributed by atoms with van der Waals surface area (Å²) in [4.78, 5) is 21.8. The Morgan fingerprint density at radius 3 is 2.41 bits per heavy atom. The molecule has 1 aromatic carbocycles. The molecule has 0 bridgehead atoms. The quantitative estimate of drug-likeness (QED) is 0.780. The van der Waals surface area contributed by atoms with Gasteiger partial charge in [-0.15, -0.1) is 0 Å². The highest BCUT2D eigenvalue weighted by Crippen LogP contribution is 2.30. The average molecular weight is 231 g/mol. The molecule has 1 fully saturated rings. The normalized spacial score (nSPS) is 14.8. The standard InChI is InChI=1S/C13H13NO3/c15-12(16)8-3-9-1-6-11(7-2-9)14-13(17)10-4-5-10/h1-3,6-8,10H,4-5H2,(H,14,17)(H,15,16)/b8-3+. The molecule has 0 aliphatic heterocycles.